The van der Waals surface area contributed by atoms with Crippen LogP contribution >= 0.6 is 11.6 Å². The highest BCUT2D eigenvalue weighted by Crippen LogP contribution is 2.28. The summed E-state index contributed by atoms with van der Waals surface area (Å²) in [5, 5.41) is 29.2. The van der Waals surface area contributed by atoms with E-state index in [0.717, 1.165) is 0 Å². The van der Waals surface area contributed by atoms with E-state index in [1.54, 1.807) is 40.9 Å². The Morgan fingerprint density at radius 1 is 1.23 bits per heavy atom. The predicted molar refractivity (Wildman–Crippen MR) is 129 cm³/mol. The van der Waals surface area contributed by atoms with E-state index >= 15 is 0 Å². The maximum absolute atomic E-state index is 14.2. The molecule has 0 radical (unpaired) electrons. The number of anilines is 2. The number of nitrogens with one attached hydrogen (secondary N) is 2. The molecule has 4 aromatic heterocycles. The number of carbonyl (C=O) groups is 1. The molecule has 4 aromatic rings. The molecule has 0 aliphatic heterocycles. The Balaban J connectivity index is 1.71. The maximum atomic E-state index is 14.2. The lowest BCUT2D eigenvalue weighted by Crippen LogP contribution is -2.42. The van der Waals surface area contributed by atoms with Gasteiger partial charge < -0.3 is 15.7 Å². The molecule has 9 nitrogen and oxygen atoms in total. The summed E-state index contributed by atoms with van der Waals surface area (Å²) in [4.78, 5) is 21.4. The number of aliphatic hydroxyl groups is 1. The van der Waals surface area contributed by atoms with Crippen molar-refractivity contribution in [2.75, 3.05) is 11.9 Å². The second-order valence-corrected chi connectivity index (χ2v) is 8.74. The summed E-state index contributed by atoms with van der Waals surface area (Å²) >= 11 is 5.88. The summed E-state index contributed by atoms with van der Waals surface area (Å²) in [7, 11) is 0. The van der Waals surface area contributed by atoms with E-state index in [9.17, 15) is 14.3 Å². The van der Waals surface area contributed by atoms with Gasteiger partial charge >= 0.3 is 0 Å². The van der Waals surface area contributed by atoms with Crippen LogP contribution in [-0.2, 0) is 0 Å². The van der Waals surface area contributed by atoms with Crippen LogP contribution in [0, 0.1) is 11.3 Å². The van der Waals surface area contributed by atoms with Gasteiger partial charge in [0.05, 0.1) is 63.9 Å². The average Bonchev–Trinajstić information content (AvgIpc) is 3.26. The van der Waals surface area contributed by atoms with Crippen molar-refractivity contribution in [1.29, 1.82) is 5.26 Å². The summed E-state index contributed by atoms with van der Waals surface area (Å²) in [5.74, 6) is -0.572. The van der Waals surface area contributed by atoms with E-state index in [2.05, 4.69) is 31.8 Å². The summed E-state index contributed by atoms with van der Waals surface area (Å²) in [5.41, 5.74) is 1.79. The Morgan fingerprint density at radius 3 is 2.71 bits per heavy atom. The number of hydrogen-bond donors (Lipinski definition) is 3. The Hall–Kier alpha value is -4.07. The summed E-state index contributed by atoms with van der Waals surface area (Å²) < 4.78 is 15.8. The Kier molecular flexibility index (Phi) is 6.64. The minimum atomic E-state index is -1.66. The molecule has 1 amide bonds. The van der Waals surface area contributed by atoms with E-state index in [0.29, 0.717) is 39.0 Å². The molecule has 0 unspecified atom stereocenters. The highest BCUT2D eigenvalue weighted by atomic mass is 35.5. The van der Waals surface area contributed by atoms with E-state index in [1.165, 1.54) is 32.4 Å². The van der Waals surface area contributed by atoms with Gasteiger partial charge in [0.1, 0.15) is 17.4 Å². The second-order valence-electron chi connectivity index (χ2n) is 8.35. The number of amides is 1. The third-order valence-electron chi connectivity index (χ3n) is 5.26. The molecule has 0 saturated heterocycles. The van der Waals surface area contributed by atoms with Gasteiger partial charge in [-0.2, -0.15) is 10.4 Å². The number of carbonyl (C=O) groups excluding carboxylic acids is 1. The average molecular weight is 494 g/mol. The van der Waals surface area contributed by atoms with E-state index in [-0.39, 0.29) is 12.1 Å². The molecule has 178 valence electrons. The Morgan fingerprint density at radius 2 is 2.03 bits per heavy atom. The molecule has 0 fully saturated rings. The normalized spacial score (nSPS) is 12.2. The summed E-state index contributed by atoms with van der Waals surface area (Å²) in [6.45, 7) is 2.28. The molecule has 35 heavy (non-hydrogen) atoms. The first-order valence-corrected chi connectivity index (χ1v) is 10.9. The number of pyridine rings is 2. The number of aromatic nitrogens is 4. The first-order chi connectivity index (χ1) is 16.7. The van der Waals surface area contributed by atoms with Gasteiger partial charge in [0.2, 0.25) is 0 Å². The minimum Gasteiger partial charge on any atom is -0.387 e. The molecule has 0 aliphatic carbocycles. The molecule has 0 aliphatic rings. The molecule has 0 saturated carbocycles. The van der Waals surface area contributed by atoms with Crippen LogP contribution in [-0.4, -0.2) is 48.9 Å². The number of hydrogen-bond acceptors (Lipinski definition) is 7. The van der Waals surface area contributed by atoms with Crippen LogP contribution in [0.2, 0.25) is 5.15 Å². The van der Waals surface area contributed by atoms with Crippen LogP contribution in [0.3, 0.4) is 0 Å². The fourth-order valence-corrected chi connectivity index (χ4v) is 3.38. The molecule has 0 aromatic carbocycles. The lowest BCUT2D eigenvalue weighted by Gasteiger charge is -2.22. The predicted octanol–water partition coefficient (Wildman–Crippen LogP) is 3.90. The number of alkyl halides is 1. The lowest BCUT2D eigenvalue weighted by molar-refractivity contribution is -0.00177. The number of fused-ring (bicyclic) bond motifs is 1. The zero-order valence-electron chi connectivity index (χ0n) is 18.8. The quantitative estimate of drug-likeness (QED) is 0.333. The molecular formula is C24H21ClFN7O2. The fraction of sp³-hybridized carbons (Fsp3) is 0.208. The topological polar surface area (TPSA) is 128 Å². The smallest absolute Gasteiger partial charge is 0.255 e. The monoisotopic (exact) mass is 493 g/mol. The summed E-state index contributed by atoms with van der Waals surface area (Å²) in [6, 6.07) is 12.3. The van der Waals surface area contributed by atoms with Crippen LogP contribution in [0.5, 0.6) is 0 Å². The largest absolute Gasteiger partial charge is 0.387 e. The molecule has 0 spiro atoms. The molecule has 3 N–H and O–H groups in total. The molecular weight excluding hydrogens is 473 g/mol. The number of halogens is 2. The van der Waals surface area contributed by atoms with Gasteiger partial charge in [-0.25, -0.2) is 13.9 Å². The molecule has 1 atom stereocenters. The second kappa shape index (κ2) is 9.66. The van der Waals surface area contributed by atoms with Crippen molar-refractivity contribution < 1.29 is 14.3 Å². The lowest BCUT2D eigenvalue weighted by atomic mass is 10.0. The minimum absolute atomic E-state index is 0.159. The van der Waals surface area contributed by atoms with Gasteiger partial charge in [-0.1, -0.05) is 11.6 Å². The fourth-order valence-electron chi connectivity index (χ4n) is 3.27. The van der Waals surface area contributed by atoms with Crippen molar-refractivity contribution >= 4 is 34.4 Å². The maximum Gasteiger partial charge on any atom is 0.255 e. The van der Waals surface area contributed by atoms with E-state index in [4.69, 9.17) is 16.9 Å². The van der Waals surface area contributed by atoms with Crippen LogP contribution in [0.1, 0.15) is 29.8 Å². The van der Waals surface area contributed by atoms with Crippen molar-refractivity contribution in [3.63, 3.8) is 0 Å². The highest BCUT2D eigenvalue weighted by Gasteiger charge is 2.27. The van der Waals surface area contributed by atoms with Crippen molar-refractivity contribution in [1.82, 2.24) is 24.9 Å². The van der Waals surface area contributed by atoms with Crippen molar-refractivity contribution in [2.45, 2.75) is 25.6 Å². The standard InChI is InChI=1S/C24H21ClFN7O2/c1-24(2,35)21(26)13-30-23(34)17-12-28-19(8-18(17)32-15-3-6-22(25)29-11-15)20-5-4-16-7-14(9-27)10-31-33(16)20/h3-8,10-12,21,35H,13H2,1-2H3,(H,28,32)(H,30,34)/t21-/m1/s1. The Bertz CT molecular complexity index is 1420. The number of nitriles is 1. The first-order valence-electron chi connectivity index (χ1n) is 10.6. The molecule has 11 heteroatoms. The van der Waals surface area contributed by atoms with Gasteiger partial charge in [-0.15, -0.1) is 0 Å². The third kappa shape index (κ3) is 5.37. The zero-order chi connectivity index (χ0) is 25.2. The van der Waals surface area contributed by atoms with Crippen molar-refractivity contribution in [3.05, 3.63) is 71.3 Å². The summed E-state index contributed by atoms with van der Waals surface area (Å²) in [6.07, 6.45) is 2.67. The van der Waals surface area contributed by atoms with Gasteiger partial charge in [0, 0.05) is 6.20 Å². The SMILES string of the molecule is CC(C)(O)[C@H](F)CNC(=O)c1cnc(-c2ccc3cc(C#N)cnn23)cc1Nc1ccc(Cl)nc1. The van der Waals surface area contributed by atoms with E-state index in [1.807, 2.05) is 0 Å². The molecule has 4 heterocycles. The van der Waals surface area contributed by atoms with E-state index < -0.39 is 17.7 Å². The molecule has 4 rings (SSSR count). The first kappa shape index (κ1) is 24.1. The van der Waals surface area contributed by atoms with Crippen LogP contribution in [0.15, 0.2) is 55.0 Å². The van der Waals surface area contributed by atoms with Crippen molar-refractivity contribution in [2.24, 2.45) is 0 Å². The van der Waals surface area contributed by atoms with Crippen LogP contribution < -0.4 is 10.6 Å². The van der Waals surface area contributed by atoms with Gasteiger partial charge in [-0.05, 0) is 50.2 Å². The molecule has 0 bridgehead atoms. The van der Waals surface area contributed by atoms with Gasteiger partial charge in [0.25, 0.3) is 5.91 Å². The van der Waals surface area contributed by atoms with Crippen LogP contribution in [0.4, 0.5) is 15.8 Å². The number of rotatable bonds is 7. The van der Waals surface area contributed by atoms with Gasteiger partial charge in [0.15, 0.2) is 0 Å². The number of nitrogens with zero attached hydrogens (tertiary/aromatic N) is 5. The van der Waals surface area contributed by atoms with Crippen molar-refractivity contribution in [3.8, 4) is 17.5 Å². The van der Waals surface area contributed by atoms with Crippen LogP contribution in [0.25, 0.3) is 16.9 Å². The Labute approximate surface area is 205 Å². The zero-order valence-corrected chi connectivity index (χ0v) is 19.6. The van der Waals surface area contributed by atoms with Gasteiger partial charge in [-0.3, -0.25) is 9.78 Å². The highest BCUT2D eigenvalue weighted by molar-refractivity contribution is 6.29. The third-order valence-corrected chi connectivity index (χ3v) is 5.48.